The molecule has 0 spiro atoms. The molecule has 116 valence electrons. The molecule has 1 N–H and O–H groups in total. The van der Waals surface area contributed by atoms with Gasteiger partial charge in [0.1, 0.15) is 5.75 Å². The van der Waals surface area contributed by atoms with Crippen molar-refractivity contribution >= 4 is 10.9 Å². The van der Waals surface area contributed by atoms with Gasteiger partial charge in [0, 0.05) is 30.2 Å². The van der Waals surface area contributed by atoms with E-state index in [0.29, 0.717) is 12.1 Å². The fourth-order valence-electron chi connectivity index (χ4n) is 3.15. The summed E-state index contributed by atoms with van der Waals surface area (Å²) in [6.45, 7) is 12.3. The Hall–Kier alpha value is -1.48. The van der Waals surface area contributed by atoms with Gasteiger partial charge in [0.05, 0.1) is 12.6 Å². The second-order valence-electron chi connectivity index (χ2n) is 6.32. The van der Waals surface area contributed by atoms with E-state index in [4.69, 9.17) is 4.74 Å². The highest BCUT2D eigenvalue weighted by Crippen LogP contribution is 2.31. The first-order valence-corrected chi connectivity index (χ1v) is 7.85. The zero-order valence-corrected chi connectivity index (χ0v) is 14.2. The second-order valence-corrected chi connectivity index (χ2v) is 6.32. The van der Waals surface area contributed by atoms with Crippen LogP contribution in [0.5, 0.6) is 5.75 Å². The van der Waals surface area contributed by atoms with Gasteiger partial charge >= 0.3 is 0 Å². The second kappa shape index (κ2) is 6.52. The van der Waals surface area contributed by atoms with Gasteiger partial charge in [-0.1, -0.05) is 6.07 Å². The molecule has 1 aromatic heterocycles. The first-order chi connectivity index (χ1) is 9.95. The normalized spacial score (nSPS) is 12.0. The molecule has 0 aliphatic rings. The number of benzene rings is 1. The summed E-state index contributed by atoms with van der Waals surface area (Å²) in [6, 6.07) is 5.31. The smallest absolute Gasteiger partial charge is 0.128 e. The Balaban J connectivity index is 2.29. The van der Waals surface area contributed by atoms with Crippen LogP contribution in [0.3, 0.4) is 0 Å². The summed E-state index contributed by atoms with van der Waals surface area (Å²) in [6.07, 6.45) is 3.18. The molecule has 21 heavy (non-hydrogen) atoms. The van der Waals surface area contributed by atoms with Crippen LogP contribution in [0.25, 0.3) is 10.9 Å². The van der Waals surface area contributed by atoms with Crippen molar-refractivity contribution in [3.63, 3.8) is 0 Å². The topological polar surface area (TPSA) is 28.3 Å². The Morgan fingerprint density at radius 1 is 1.14 bits per heavy atom. The van der Waals surface area contributed by atoms with Crippen LogP contribution in [0.2, 0.25) is 0 Å². The van der Waals surface area contributed by atoms with Gasteiger partial charge in [-0.3, -0.25) is 4.90 Å². The van der Waals surface area contributed by atoms with E-state index in [1.54, 1.807) is 7.11 Å². The van der Waals surface area contributed by atoms with Crippen LogP contribution in [-0.2, 0) is 6.42 Å². The van der Waals surface area contributed by atoms with Crippen molar-refractivity contribution in [2.24, 2.45) is 0 Å². The minimum absolute atomic E-state index is 0.568. The highest BCUT2D eigenvalue weighted by atomic mass is 16.5. The molecular weight excluding hydrogens is 260 g/mol. The van der Waals surface area contributed by atoms with Crippen LogP contribution in [-0.4, -0.2) is 35.6 Å². The molecule has 0 aliphatic heterocycles. The molecule has 1 aromatic carbocycles. The van der Waals surface area contributed by atoms with E-state index in [1.165, 1.54) is 22.0 Å². The van der Waals surface area contributed by atoms with Crippen molar-refractivity contribution in [1.82, 2.24) is 9.88 Å². The predicted molar refractivity (Wildman–Crippen MR) is 90.3 cm³/mol. The Bertz CT molecular complexity index is 591. The van der Waals surface area contributed by atoms with Gasteiger partial charge in [-0.05, 0) is 58.2 Å². The minimum Gasteiger partial charge on any atom is -0.496 e. The molecular formula is C18H28N2O. The maximum atomic E-state index is 5.55. The SMILES string of the molecule is COc1ccc(C)c2[nH]cc(CCN(C(C)C)C(C)C)c12. The number of ether oxygens (including phenoxy) is 1. The summed E-state index contributed by atoms with van der Waals surface area (Å²) in [4.78, 5) is 5.94. The number of hydrogen-bond acceptors (Lipinski definition) is 2. The Labute approximate surface area is 128 Å². The molecule has 2 rings (SSSR count). The average molecular weight is 288 g/mol. The highest BCUT2D eigenvalue weighted by molar-refractivity contribution is 5.91. The zero-order valence-electron chi connectivity index (χ0n) is 14.2. The molecule has 0 radical (unpaired) electrons. The van der Waals surface area contributed by atoms with Crippen LogP contribution in [0.15, 0.2) is 18.3 Å². The molecule has 1 heterocycles. The quantitative estimate of drug-likeness (QED) is 0.865. The van der Waals surface area contributed by atoms with Crippen LogP contribution < -0.4 is 4.74 Å². The van der Waals surface area contributed by atoms with Crippen LogP contribution in [0.4, 0.5) is 0 Å². The van der Waals surface area contributed by atoms with Gasteiger partial charge in [0.25, 0.3) is 0 Å². The van der Waals surface area contributed by atoms with E-state index >= 15 is 0 Å². The van der Waals surface area contributed by atoms with Crippen LogP contribution in [0.1, 0.15) is 38.8 Å². The number of nitrogens with zero attached hydrogens (tertiary/aromatic N) is 1. The van der Waals surface area contributed by atoms with Gasteiger partial charge in [-0.15, -0.1) is 0 Å². The number of rotatable bonds is 6. The summed E-state index contributed by atoms with van der Waals surface area (Å²) < 4.78 is 5.55. The Morgan fingerprint density at radius 3 is 2.38 bits per heavy atom. The van der Waals surface area contributed by atoms with Crippen molar-refractivity contribution in [2.75, 3.05) is 13.7 Å². The maximum absolute atomic E-state index is 5.55. The number of methoxy groups -OCH3 is 1. The molecule has 0 atom stereocenters. The summed E-state index contributed by atoms with van der Waals surface area (Å²) in [5, 5.41) is 1.24. The number of hydrogen-bond donors (Lipinski definition) is 1. The number of aromatic nitrogens is 1. The first-order valence-electron chi connectivity index (χ1n) is 7.85. The lowest BCUT2D eigenvalue weighted by molar-refractivity contribution is 0.177. The van der Waals surface area contributed by atoms with E-state index in [9.17, 15) is 0 Å². The average Bonchev–Trinajstić information content (AvgIpc) is 2.84. The molecule has 0 amide bonds. The van der Waals surface area contributed by atoms with Gasteiger partial charge in [0.15, 0.2) is 0 Å². The highest BCUT2D eigenvalue weighted by Gasteiger charge is 2.16. The van der Waals surface area contributed by atoms with E-state index in [-0.39, 0.29) is 0 Å². The maximum Gasteiger partial charge on any atom is 0.128 e. The summed E-state index contributed by atoms with van der Waals surface area (Å²) in [7, 11) is 1.75. The number of nitrogens with one attached hydrogen (secondary N) is 1. The van der Waals surface area contributed by atoms with Crippen molar-refractivity contribution in [2.45, 2.75) is 53.1 Å². The molecule has 3 heteroatoms. The zero-order chi connectivity index (χ0) is 15.6. The number of aromatic amines is 1. The lowest BCUT2D eigenvalue weighted by atomic mass is 10.1. The van der Waals surface area contributed by atoms with Crippen molar-refractivity contribution in [3.8, 4) is 5.75 Å². The fraction of sp³-hybridized carbons (Fsp3) is 0.556. The standard InChI is InChI=1S/C18H28N2O/c1-12(2)20(13(3)4)10-9-15-11-19-18-14(5)7-8-16(21-6)17(15)18/h7-8,11-13,19H,9-10H2,1-6H3. The largest absolute Gasteiger partial charge is 0.496 e. The summed E-state index contributed by atoms with van der Waals surface area (Å²) in [5.74, 6) is 0.965. The third kappa shape index (κ3) is 3.24. The molecule has 0 bridgehead atoms. The third-order valence-corrected chi connectivity index (χ3v) is 4.27. The van der Waals surface area contributed by atoms with Gasteiger partial charge in [-0.25, -0.2) is 0 Å². The first kappa shape index (κ1) is 15.9. The van der Waals surface area contributed by atoms with E-state index in [0.717, 1.165) is 18.7 Å². The lowest BCUT2D eigenvalue weighted by Crippen LogP contribution is -2.38. The lowest BCUT2D eigenvalue weighted by Gasteiger charge is -2.30. The fourth-order valence-corrected chi connectivity index (χ4v) is 3.15. The van der Waals surface area contributed by atoms with Crippen molar-refractivity contribution < 1.29 is 4.74 Å². The number of H-pyrrole nitrogens is 1. The minimum atomic E-state index is 0.568. The van der Waals surface area contributed by atoms with E-state index in [2.05, 4.69) is 62.8 Å². The van der Waals surface area contributed by atoms with Gasteiger partial charge in [0.2, 0.25) is 0 Å². The Morgan fingerprint density at radius 2 is 1.81 bits per heavy atom. The van der Waals surface area contributed by atoms with Gasteiger partial charge in [-0.2, -0.15) is 0 Å². The molecule has 0 fully saturated rings. The molecule has 0 aliphatic carbocycles. The van der Waals surface area contributed by atoms with Gasteiger partial charge < -0.3 is 9.72 Å². The van der Waals surface area contributed by atoms with Crippen molar-refractivity contribution in [3.05, 3.63) is 29.5 Å². The number of aryl methyl sites for hydroxylation is 1. The number of fused-ring (bicyclic) bond motifs is 1. The Kier molecular flexibility index (Phi) is 4.94. The molecule has 0 saturated carbocycles. The van der Waals surface area contributed by atoms with E-state index < -0.39 is 0 Å². The molecule has 0 saturated heterocycles. The molecule has 0 unspecified atom stereocenters. The van der Waals surface area contributed by atoms with Crippen molar-refractivity contribution in [1.29, 1.82) is 0 Å². The van der Waals surface area contributed by atoms with Crippen LogP contribution in [0, 0.1) is 6.92 Å². The summed E-state index contributed by atoms with van der Waals surface area (Å²) in [5.41, 5.74) is 3.81. The van der Waals surface area contributed by atoms with E-state index in [1.807, 2.05) is 0 Å². The van der Waals surface area contributed by atoms with Crippen LogP contribution >= 0.6 is 0 Å². The molecule has 3 nitrogen and oxygen atoms in total. The third-order valence-electron chi connectivity index (χ3n) is 4.27. The monoisotopic (exact) mass is 288 g/mol. The molecule has 2 aromatic rings. The summed E-state index contributed by atoms with van der Waals surface area (Å²) >= 11 is 0. The predicted octanol–water partition coefficient (Wildman–Crippen LogP) is 4.15.